The highest BCUT2D eigenvalue weighted by molar-refractivity contribution is 5.74. The molecule has 0 bridgehead atoms. The summed E-state index contributed by atoms with van der Waals surface area (Å²) >= 11 is 0. The summed E-state index contributed by atoms with van der Waals surface area (Å²) in [5.74, 6) is 1.04. The van der Waals surface area contributed by atoms with Gasteiger partial charge in [0.2, 0.25) is 0 Å². The van der Waals surface area contributed by atoms with E-state index >= 15 is 0 Å². The Kier molecular flexibility index (Phi) is 5.85. The summed E-state index contributed by atoms with van der Waals surface area (Å²) < 4.78 is 16.5. The Morgan fingerprint density at radius 3 is 2.38 bits per heavy atom. The Labute approximate surface area is 143 Å². The van der Waals surface area contributed by atoms with Gasteiger partial charge < -0.3 is 14.2 Å². The van der Waals surface area contributed by atoms with E-state index in [1.807, 2.05) is 63.2 Å². The normalized spacial score (nSPS) is 11.0. The lowest BCUT2D eigenvalue weighted by Gasteiger charge is -2.20. The highest BCUT2D eigenvalue weighted by atomic mass is 16.6. The third-order valence-corrected chi connectivity index (χ3v) is 3.26. The van der Waals surface area contributed by atoms with Gasteiger partial charge in [0.1, 0.15) is 23.7 Å². The zero-order chi connectivity index (χ0) is 17.6. The van der Waals surface area contributed by atoms with E-state index in [9.17, 15) is 4.79 Å². The molecule has 0 atom stereocenters. The third kappa shape index (κ3) is 5.61. The fourth-order valence-electron chi connectivity index (χ4n) is 2.23. The van der Waals surface area contributed by atoms with Gasteiger partial charge in [-0.15, -0.1) is 0 Å². The molecule has 0 aromatic heterocycles. The van der Waals surface area contributed by atoms with E-state index in [4.69, 9.17) is 14.2 Å². The maximum absolute atomic E-state index is 12.0. The minimum atomic E-state index is -0.497. The molecule has 0 spiro atoms. The molecule has 4 heteroatoms. The van der Waals surface area contributed by atoms with E-state index in [1.54, 1.807) is 13.2 Å². The first-order valence-electron chi connectivity index (χ1n) is 7.93. The quantitative estimate of drug-likeness (QED) is 0.747. The van der Waals surface area contributed by atoms with Crippen molar-refractivity contribution < 1.29 is 19.0 Å². The molecule has 0 radical (unpaired) electrons. The van der Waals surface area contributed by atoms with Crippen LogP contribution < -0.4 is 9.47 Å². The monoisotopic (exact) mass is 328 g/mol. The number of benzene rings is 2. The molecular formula is C20H24O4. The molecule has 0 saturated heterocycles. The van der Waals surface area contributed by atoms with Gasteiger partial charge in [-0.2, -0.15) is 0 Å². The topological polar surface area (TPSA) is 44.8 Å². The summed E-state index contributed by atoms with van der Waals surface area (Å²) in [7, 11) is 1.58. The number of methoxy groups -OCH3 is 1. The molecule has 0 aliphatic carbocycles. The average Bonchev–Trinajstić information content (AvgIpc) is 2.53. The van der Waals surface area contributed by atoms with Gasteiger partial charge in [-0.05, 0) is 32.4 Å². The Morgan fingerprint density at radius 2 is 1.75 bits per heavy atom. The van der Waals surface area contributed by atoms with Crippen molar-refractivity contribution in [2.45, 2.75) is 39.4 Å². The molecule has 0 unspecified atom stereocenters. The summed E-state index contributed by atoms with van der Waals surface area (Å²) in [6, 6.07) is 15.4. The van der Waals surface area contributed by atoms with Crippen LogP contribution in [0.1, 0.15) is 31.9 Å². The van der Waals surface area contributed by atoms with Crippen LogP contribution in [0, 0.1) is 0 Å². The number of hydrogen-bond donors (Lipinski definition) is 0. The lowest BCUT2D eigenvalue weighted by atomic mass is 10.1. The van der Waals surface area contributed by atoms with Crippen molar-refractivity contribution in [2.75, 3.05) is 7.11 Å². The average molecular weight is 328 g/mol. The van der Waals surface area contributed by atoms with Gasteiger partial charge >= 0.3 is 5.97 Å². The van der Waals surface area contributed by atoms with Crippen molar-refractivity contribution in [3.63, 3.8) is 0 Å². The maximum Gasteiger partial charge on any atom is 0.310 e. The molecule has 4 nitrogen and oxygen atoms in total. The molecule has 2 aromatic rings. The molecule has 0 aliphatic rings. The summed E-state index contributed by atoms with van der Waals surface area (Å²) in [5.41, 5.74) is 1.37. The lowest BCUT2D eigenvalue weighted by Crippen LogP contribution is -2.25. The van der Waals surface area contributed by atoms with Crippen LogP contribution in [0.25, 0.3) is 0 Å². The Bertz CT molecular complexity index is 672. The molecule has 0 N–H and O–H groups in total. The Morgan fingerprint density at radius 1 is 1.04 bits per heavy atom. The molecule has 2 rings (SSSR count). The SMILES string of the molecule is COc1cc(OCc2ccccc2)ccc1CC(=O)OC(C)(C)C. The number of esters is 1. The number of carbonyl (C=O) groups is 1. The second kappa shape index (κ2) is 7.86. The van der Waals surface area contributed by atoms with Gasteiger partial charge in [0, 0.05) is 11.6 Å². The van der Waals surface area contributed by atoms with E-state index in [0.29, 0.717) is 18.1 Å². The van der Waals surface area contributed by atoms with Crippen LogP contribution in [0.3, 0.4) is 0 Å². The second-order valence-electron chi connectivity index (χ2n) is 6.51. The first-order valence-corrected chi connectivity index (χ1v) is 7.93. The maximum atomic E-state index is 12.0. The van der Waals surface area contributed by atoms with E-state index in [-0.39, 0.29) is 12.4 Å². The van der Waals surface area contributed by atoms with Crippen LogP contribution in [0.5, 0.6) is 11.5 Å². The molecule has 0 heterocycles. The van der Waals surface area contributed by atoms with E-state index in [1.165, 1.54) is 0 Å². The van der Waals surface area contributed by atoms with Gasteiger partial charge in [0.25, 0.3) is 0 Å². The van der Waals surface area contributed by atoms with Crippen LogP contribution in [-0.4, -0.2) is 18.7 Å². The largest absolute Gasteiger partial charge is 0.496 e. The van der Waals surface area contributed by atoms with Crippen LogP contribution in [0.2, 0.25) is 0 Å². The van der Waals surface area contributed by atoms with Crippen LogP contribution in [0.15, 0.2) is 48.5 Å². The number of hydrogen-bond acceptors (Lipinski definition) is 4. The van der Waals surface area contributed by atoms with Gasteiger partial charge in [-0.1, -0.05) is 36.4 Å². The summed E-state index contributed by atoms with van der Waals surface area (Å²) in [4.78, 5) is 12.0. The van der Waals surface area contributed by atoms with E-state index < -0.39 is 5.60 Å². The summed E-state index contributed by atoms with van der Waals surface area (Å²) in [6.07, 6.45) is 0.166. The van der Waals surface area contributed by atoms with Crippen LogP contribution >= 0.6 is 0 Å². The molecule has 2 aromatic carbocycles. The standard InChI is InChI=1S/C20H24O4/c1-20(2,3)24-19(21)12-16-10-11-17(13-18(16)22-4)23-14-15-8-6-5-7-9-15/h5-11,13H,12,14H2,1-4H3. The van der Waals surface area contributed by atoms with Gasteiger partial charge in [-0.3, -0.25) is 4.79 Å². The molecule has 0 fully saturated rings. The predicted molar refractivity (Wildman–Crippen MR) is 93.3 cm³/mol. The zero-order valence-electron chi connectivity index (χ0n) is 14.7. The minimum Gasteiger partial charge on any atom is -0.496 e. The van der Waals surface area contributed by atoms with Gasteiger partial charge in [-0.25, -0.2) is 0 Å². The predicted octanol–water partition coefficient (Wildman–Crippen LogP) is 4.16. The van der Waals surface area contributed by atoms with Gasteiger partial charge in [0.15, 0.2) is 0 Å². The first kappa shape index (κ1) is 17.9. The molecule has 24 heavy (non-hydrogen) atoms. The Hall–Kier alpha value is -2.49. The van der Waals surface area contributed by atoms with Crippen molar-refractivity contribution >= 4 is 5.97 Å². The minimum absolute atomic E-state index is 0.166. The van der Waals surface area contributed by atoms with Crippen molar-refractivity contribution in [2.24, 2.45) is 0 Å². The third-order valence-electron chi connectivity index (χ3n) is 3.26. The van der Waals surface area contributed by atoms with Crippen molar-refractivity contribution in [3.05, 3.63) is 59.7 Å². The van der Waals surface area contributed by atoms with Crippen molar-refractivity contribution in [1.82, 2.24) is 0 Å². The highest BCUT2D eigenvalue weighted by Gasteiger charge is 2.18. The van der Waals surface area contributed by atoms with Crippen molar-refractivity contribution in [3.8, 4) is 11.5 Å². The fourth-order valence-corrected chi connectivity index (χ4v) is 2.23. The summed E-state index contributed by atoms with van der Waals surface area (Å²) in [5, 5.41) is 0. The Balaban J connectivity index is 2.03. The number of rotatable bonds is 6. The molecule has 0 aliphatic heterocycles. The van der Waals surface area contributed by atoms with E-state index in [2.05, 4.69) is 0 Å². The zero-order valence-corrected chi connectivity index (χ0v) is 14.7. The number of ether oxygens (including phenoxy) is 3. The van der Waals surface area contributed by atoms with Crippen molar-refractivity contribution in [1.29, 1.82) is 0 Å². The molecule has 128 valence electrons. The second-order valence-corrected chi connectivity index (χ2v) is 6.51. The fraction of sp³-hybridized carbons (Fsp3) is 0.350. The summed E-state index contributed by atoms with van der Waals surface area (Å²) in [6.45, 7) is 6.03. The lowest BCUT2D eigenvalue weighted by molar-refractivity contribution is -0.153. The molecular weight excluding hydrogens is 304 g/mol. The first-order chi connectivity index (χ1) is 11.4. The van der Waals surface area contributed by atoms with E-state index in [0.717, 1.165) is 11.1 Å². The molecule has 0 amide bonds. The van der Waals surface area contributed by atoms with Crippen LogP contribution in [-0.2, 0) is 22.6 Å². The smallest absolute Gasteiger partial charge is 0.310 e. The van der Waals surface area contributed by atoms with Crippen LogP contribution in [0.4, 0.5) is 0 Å². The molecule has 0 saturated carbocycles. The highest BCUT2D eigenvalue weighted by Crippen LogP contribution is 2.26. The number of carbonyl (C=O) groups excluding carboxylic acids is 1. The van der Waals surface area contributed by atoms with Gasteiger partial charge in [0.05, 0.1) is 13.5 Å².